The number of hydrogen-bond donors (Lipinski definition) is 1. The van der Waals surface area contributed by atoms with E-state index >= 15 is 0 Å². The van der Waals surface area contributed by atoms with Gasteiger partial charge in [0.05, 0.1) is 11.4 Å². The molecule has 0 unspecified atom stereocenters. The lowest BCUT2D eigenvalue weighted by Gasteiger charge is -1.99. The van der Waals surface area contributed by atoms with Crippen molar-refractivity contribution in [2.75, 3.05) is 11.1 Å². The first-order valence-electron chi connectivity index (χ1n) is 7.15. The predicted octanol–water partition coefficient (Wildman–Crippen LogP) is 3.61. The van der Waals surface area contributed by atoms with Crippen molar-refractivity contribution >= 4 is 45.7 Å². The normalized spacial score (nSPS) is 10.6. The van der Waals surface area contributed by atoms with Crippen LogP contribution in [0.2, 0.25) is 5.02 Å². The molecule has 25 heavy (non-hydrogen) atoms. The van der Waals surface area contributed by atoms with Crippen LogP contribution in [0.3, 0.4) is 0 Å². The minimum atomic E-state index is -0.387. The molecule has 0 aliphatic carbocycles. The van der Waals surface area contributed by atoms with Gasteiger partial charge < -0.3 is 0 Å². The Bertz CT molecular complexity index is 922. The molecule has 0 aliphatic heterocycles. The number of anilines is 1. The summed E-state index contributed by atoms with van der Waals surface area (Å²) >= 11 is 8.78. The molecular formula is C15H13ClN6OS2. The first kappa shape index (κ1) is 17.6. The Morgan fingerprint density at radius 2 is 2.28 bits per heavy atom. The second kappa shape index (κ2) is 7.77. The van der Waals surface area contributed by atoms with E-state index in [9.17, 15) is 4.79 Å². The summed E-state index contributed by atoms with van der Waals surface area (Å²) in [6.45, 7) is 5.37. The number of carbonyl (C=O) groups is 1. The predicted molar refractivity (Wildman–Crippen MR) is 99.9 cm³/mol. The number of benzene rings is 1. The summed E-state index contributed by atoms with van der Waals surface area (Å²) in [5.41, 5.74) is 1.40. The van der Waals surface area contributed by atoms with Gasteiger partial charge in [0.1, 0.15) is 0 Å². The van der Waals surface area contributed by atoms with Crippen molar-refractivity contribution in [1.82, 2.24) is 25.2 Å². The molecule has 3 aromatic rings. The van der Waals surface area contributed by atoms with Crippen LogP contribution in [0.4, 0.5) is 5.13 Å². The molecule has 0 saturated heterocycles. The van der Waals surface area contributed by atoms with Gasteiger partial charge in [0, 0.05) is 10.8 Å². The first-order valence-corrected chi connectivity index (χ1v) is 9.33. The zero-order valence-corrected chi connectivity index (χ0v) is 15.5. The number of aryl methyl sites for hydroxylation is 1. The van der Waals surface area contributed by atoms with Crippen LogP contribution in [0.1, 0.15) is 16.2 Å². The Morgan fingerprint density at radius 1 is 1.44 bits per heavy atom. The van der Waals surface area contributed by atoms with Gasteiger partial charge in [-0.05, 0) is 25.1 Å². The van der Waals surface area contributed by atoms with E-state index in [0.29, 0.717) is 21.5 Å². The Balaban J connectivity index is 1.76. The maximum absolute atomic E-state index is 12.4. The van der Waals surface area contributed by atoms with E-state index in [1.165, 1.54) is 27.9 Å². The van der Waals surface area contributed by atoms with E-state index in [4.69, 9.17) is 11.6 Å². The van der Waals surface area contributed by atoms with Crippen molar-refractivity contribution < 1.29 is 4.79 Å². The van der Waals surface area contributed by atoms with Crippen molar-refractivity contribution in [2.24, 2.45) is 0 Å². The molecule has 1 amide bonds. The summed E-state index contributed by atoms with van der Waals surface area (Å²) in [6.07, 6.45) is 1.78. The highest BCUT2D eigenvalue weighted by atomic mass is 35.5. The monoisotopic (exact) mass is 392 g/mol. The van der Waals surface area contributed by atoms with Crippen LogP contribution in [-0.2, 0) is 0 Å². The number of thioether (sulfide) groups is 1. The van der Waals surface area contributed by atoms with Gasteiger partial charge >= 0.3 is 0 Å². The average molecular weight is 393 g/mol. The van der Waals surface area contributed by atoms with E-state index < -0.39 is 0 Å². The van der Waals surface area contributed by atoms with Crippen LogP contribution >= 0.6 is 34.7 Å². The number of hydrogen-bond acceptors (Lipinski definition) is 7. The zero-order valence-electron chi connectivity index (χ0n) is 13.1. The van der Waals surface area contributed by atoms with Crippen LogP contribution in [0, 0.1) is 6.92 Å². The minimum Gasteiger partial charge on any atom is -0.295 e. The largest absolute Gasteiger partial charge is 0.295 e. The first-order chi connectivity index (χ1) is 12.1. The highest BCUT2D eigenvalue weighted by Gasteiger charge is 2.18. The summed E-state index contributed by atoms with van der Waals surface area (Å²) in [6, 6.07) is 7.07. The van der Waals surface area contributed by atoms with Crippen molar-refractivity contribution in [2.45, 2.75) is 11.3 Å². The molecule has 3 rings (SSSR count). The lowest BCUT2D eigenvalue weighted by molar-refractivity contribution is 0.102. The smallest absolute Gasteiger partial charge is 0.279 e. The zero-order chi connectivity index (χ0) is 17.8. The molecule has 0 bridgehead atoms. The number of rotatable bonds is 6. The Hall–Kier alpha value is -2.23. The van der Waals surface area contributed by atoms with E-state index in [2.05, 4.69) is 32.3 Å². The number of aromatic nitrogens is 5. The van der Waals surface area contributed by atoms with Gasteiger partial charge in [-0.25, -0.2) is 0 Å². The maximum atomic E-state index is 12.4. The second-order valence-electron chi connectivity index (χ2n) is 4.83. The molecule has 10 heteroatoms. The Labute approximate surface area is 157 Å². The molecule has 128 valence electrons. The third-order valence-electron chi connectivity index (χ3n) is 2.99. The summed E-state index contributed by atoms with van der Waals surface area (Å²) in [4.78, 5) is 13.8. The summed E-state index contributed by atoms with van der Waals surface area (Å²) in [5, 5.41) is 20.1. The number of nitrogens with one attached hydrogen (secondary N) is 1. The fourth-order valence-electron chi connectivity index (χ4n) is 1.91. The number of halogens is 1. The Kier molecular flexibility index (Phi) is 5.47. The van der Waals surface area contributed by atoms with Crippen LogP contribution in [-0.4, -0.2) is 36.9 Å². The highest BCUT2D eigenvalue weighted by Crippen LogP contribution is 2.25. The number of amides is 1. The standard InChI is InChI=1S/C15H13ClN6OS2/c1-3-7-24-15-19-18-14(25-15)17-13(23)12-9(2)20-22(21-12)11-6-4-5-10(16)8-11/h3-6,8H,1,7H2,2H3,(H,17,18,23). The average Bonchev–Trinajstić information content (AvgIpc) is 3.19. The van der Waals surface area contributed by atoms with Crippen molar-refractivity contribution in [3.63, 3.8) is 0 Å². The van der Waals surface area contributed by atoms with E-state index in [-0.39, 0.29) is 11.6 Å². The molecule has 0 saturated carbocycles. The lowest BCUT2D eigenvalue weighted by Crippen LogP contribution is -2.14. The molecule has 2 heterocycles. The third-order valence-corrected chi connectivity index (χ3v) is 5.19. The van der Waals surface area contributed by atoms with Gasteiger partial charge in [0.15, 0.2) is 10.0 Å². The van der Waals surface area contributed by atoms with Gasteiger partial charge in [0.25, 0.3) is 5.91 Å². The molecular weight excluding hydrogens is 380 g/mol. The SMILES string of the molecule is C=CCSc1nnc(NC(=O)c2nn(-c3cccc(Cl)c3)nc2C)s1. The topological polar surface area (TPSA) is 85.6 Å². The molecule has 0 spiro atoms. The van der Waals surface area contributed by atoms with Crippen LogP contribution in [0.5, 0.6) is 0 Å². The van der Waals surface area contributed by atoms with E-state index in [1.807, 2.05) is 0 Å². The van der Waals surface area contributed by atoms with E-state index in [0.717, 1.165) is 10.1 Å². The fraction of sp³-hybridized carbons (Fsp3) is 0.133. The van der Waals surface area contributed by atoms with Crippen LogP contribution < -0.4 is 5.32 Å². The molecule has 7 nitrogen and oxygen atoms in total. The number of carbonyl (C=O) groups excluding carboxylic acids is 1. The Morgan fingerprint density at radius 3 is 3.04 bits per heavy atom. The molecule has 0 aliphatic rings. The van der Waals surface area contributed by atoms with Gasteiger partial charge in [0.2, 0.25) is 5.13 Å². The van der Waals surface area contributed by atoms with Gasteiger partial charge in [-0.15, -0.1) is 21.9 Å². The highest BCUT2D eigenvalue weighted by molar-refractivity contribution is 8.01. The third kappa shape index (κ3) is 4.25. The fourth-order valence-corrected chi connectivity index (χ4v) is 3.60. The van der Waals surface area contributed by atoms with Crippen molar-refractivity contribution in [3.05, 3.63) is 53.3 Å². The lowest BCUT2D eigenvalue weighted by atomic mass is 10.3. The summed E-state index contributed by atoms with van der Waals surface area (Å²) < 4.78 is 0.759. The van der Waals surface area contributed by atoms with Crippen LogP contribution in [0.15, 0.2) is 41.3 Å². The minimum absolute atomic E-state index is 0.218. The van der Waals surface area contributed by atoms with Crippen LogP contribution in [0.25, 0.3) is 5.69 Å². The van der Waals surface area contributed by atoms with E-state index in [1.54, 1.807) is 37.3 Å². The van der Waals surface area contributed by atoms with Gasteiger partial charge in [-0.3, -0.25) is 10.1 Å². The molecule has 1 N–H and O–H groups in total. The summed E-state index contributed by atoms with van der Waals surface area (Å²) in [7, 11) is 0. The second-order valence-corrected chi connectivity index (χ2v) is 7.51. The molecule has 1 aromatic carbocycles. The molecule has 0 atom stereocenters. The number of nitrogens with zero attached hydrogens (tertiary/aromatic N) is 5. The van der Waals surface area contributed by atoms with Crippen molar-refractivity contribution in [1.29, 1.82) is 0 Å². The quantitative estimate of drug-likeness (QED) is 0.392. The summed E-state index contributed by atoms with van der Waals surface area (Å²) in [5.74, 6) is 0.345. The van der Waals surface area contributed by atoms with Gasteiger partial charge in [-0.2, -0.15) is 9.90 Å². The maximum Gasteiger partial charge on any atom is 0.279 e. The molecule has 0 radical (unpaired) electrons. The molecule has 0 fully saturated rings. The van der Waals surface area contributed by atoms with Gasteiger partial charge in [-0.1, -0.05) is 46.8 Å². The van der Waals surface area contributed by atoms with Crippen molar-refractivity contribution in [3.8, 4) is 5.69 Å². The molecule has 2 aromatic heterocycles.